The second-order valence-corrected chi connectivity index (χ2v) is 7.14. The molecule has 4 nitrogen and oxygen atoms in total. The highest BCUT2D eigenvalue weighted by Crippen LogP contribution is 2.56. The predicted molar refractivity (Wildman–Crippen MR) is 88.9 cm³/mol. The highest BCUT2D eigenvalue weighted by molar-refractivity contribution is 5.88. The topological polar surface area (TPSA) is 53.2 Å². The number of allylic oxidation sites excluding steroid dienone is 1. The van der Waals surface area contributed by atoms with Crippen LogP contribution in [0.5, 0.6) is 0 Å². The molecule has 0 aromatic carbocycles. The molecule has 1 saturated heterocycles. The number of nitrogens with one attached hydrogen (secondary N) is 1. The minimum Gasteiger partial charge on any atom is -0.329 e. The van der Waals surface area contributed by atoms with Crippen LogP contribution < -0.4 is 5.56 Å². The van der Waals surface area contributed by atoms with Gasteiger partial charge in [0.05, 0.1) is 5.54 Å². The van der Waals surface area contributed by atoms with E-state index in [1.807, 2.05) is 11.0 Å². The second kappa shape index (κ2) is 4.95. The van der Waals surface area contributed by atoms with Crippen molar-refractivity contribution >= 4 is 5.91 Å². The number of amides is 1. The Labute approximate surface area is 135 Å². The summed E-state index contributed by atoms with van der Waals surface area (Å²) >= 11 is 0. The Bertz CT molecular complexity index is 776. The molecule has 0 unspecified atom stereocenters. The minimum absolute atomic E-state index is 0.00204. The third kappa shape index (κ3) is 1.90. The molecule has 2 aliphatic carbocycles. The number of aromatic nitrogens is 1. The average molecular weight is 310 g/mol. The van der Waals surface area contributed by atoms with Crippen LogP contribution in [0.25, 0.3) is 0 Å². The van der Waals surface area contributed by atoms with Crippen molar-refractivity contribution in [3.05, 3.63) is 58.0 Å². The zero-order valence-electron chi connectivity index (χ0n) is 13.5. The van der Waals surface area contributed by atoms with Gasteiger partial charge in [-0.05, 0) is 62.1 Å². The molecule has 1 aliphatic heterocycles. The highest BCUT2D eigenvalue weighted by atomic mass is 16.2. The van der Waals surface area contributed by atoms with Crippen molar-refractivity contribution in [2.24, 2.45) is 11.8 Å². The molecule has 4 heteroatoms. The number of rotatable bonds is 1. The van der Waals surface area contributed by atoms with Crippen molar-refractivity contribution in [2.45, 2.75) is 38.1 Å². The molecule has 2 heterocycles. The SMILES string of the molecule is C=CC(=O)N1CCC[C@@H]2[C@@H]3C=C(C)C[C@@]21c1ccc(=O)[nH]c1C3. The summed E-state index contributed by atoms with van der Waals surface area (Å²) < 4.78 is 0. The highest BCUT2D eigenvalue weighted by Gasteiger charge is 2.56. The summed E-state index contributed by atoms with van der Waals surface area (Å²) in [5.41, 5.74) is 3.11. The van der Waals surface area contributed by atoms with Gasteiger partial charge >= 0.3 is 0 Å². The minimum atomic E-state index is -0.315. The van der Waals surface area contributed by atoms with Crippen LogP contribution in [0.15, 0.2) is 41.2 Å². The number of hydrogen-bond donors (Lipinski definition) is 1. The van der Waals surface area contributed by atoms with Gasteiger partial charge in [0.25, 0.3) is 0 Å². The number of hydrogen-bond acceptors (Lipinski definition) is 2. The molecular weight excluding hydrogens is 288 g/mol. The summed E-state index contributed by atoms with van der Waals surface area (Å²) in [7, 11) is 0. The summed E-state index contributed by atoms with van der Waals surface area (Å²) in [5.74, 6) is 0.833. The standard InChI is InChI=1S/C19H22N2O2/c1-3-18(23)21-8-4-5-14-13-9-12(2)11-19(14,21)15-6-7-17(22)20-16(15)10-13/h3,6-7,9,13-14H,1,4-5,8,10-11H2,2H3,(H,20,22)/t13-,14-,19+/m1/s1. The monoisotopic (exact) mass is 310 g/mol. The van der Waals surface area contributed by atoms with Crippen LogP contribution in [0.1, 0.15) is 37.4 Å². The van der Waals surface area contributed by atoms with E-state index in [9.17, 15) is 9.59 Å². The molecule has 120 valence electrons. The number of carbonyl (C=O) groups excluding carboxylic acids is 1. The van der Waals surface area contributed by atoms with Crippen LogP contribution >= 0.6 is 0 Å². The smallest absolute Gasteiger partial charge is 0.248 e. The van der Waals surface area contributed by atoms with E-state index in [1.54, 1.807) is 6.07 Å². The van der Waals surface area contributed by atoms with E-state index in [-0.39, 0.29) is 17.0 Å². The van der Waals surface area contributed by atoms with Crippen molar-refractivity contribution < 1.29 is 4.79 Å². The number of pyridine rings is 1. The normalized spacial score (nSPS) is 31.7. The fraction of sp³-hybridized carbons (Fsp3) is 0.474. The van der Waals surface area contributed by atoms with E-state index in [0.717, 1.165) is 43.5 Å². The third-order valence-corrected chi connectivity index (χ3v) is 5.90. The maximum absolute atomic E-state index is 12.6. The van der Waals surface area contributed by atoms with Gasteiger partial charge in [-0.2, -0.15) is 0 Å². The maximum Gasteiger partial charge on any atom is 0.248 e. The fourth-order valence-electron chi connectivity index (χ4n) is 5.25. The van der Waals surface area contributed by atoms with Crippen LogP contribution in [-0.2, 0) is 16.8 Å². The number of H-pyrrole nitrogens is 1. The van der Waals surface area contributed by atoms with E-state index in [2.05, 4.69) is 24.6 Å². The van der Waals surface area contributed by atoms with E-state index in [1.165, 1.54) is 11.6 Å². The molecule has 1 aromatic rings. The molecule has 1 aromatic heterocycles. The lowest BCUT2D eigenvalue weighted by atomic mass is 9.56. The Kier molecular flexibility index (Phi) is 3.12. The molecule has 0 spiro atoms. The first-order valence-corrected chi connectivity index (χ1v) is 8.40. The molecule has 1 N–H and O–H groups in total. The molecule has 23 heavy (non-hydrogen) atoms. The lowest BCUT2D eigenvalue weighted by molar-refractivity contribution is -0.142. The van der Waals surface area contributed by atoms with Gasteiger partial charge in [0.2, 0.25) is 11.5 Å². The van der Waals surface area contributed by atoms with Crippen molar-refractivity contribution in [2.75, 3.05) is 6.54 Å². The van der Waals surface area contributed by atoms with Crippen LogP contribution in [0.4, 0.5) is 0 Å². The van der Waals surface area contributed by atoms with Crippen molar-refractivity contribution in [1.29, 1.82) is 0 Å². The Morgan fingerprint density at radius 1 is 1.48 bits per heavy atom. The van der Waals surface area contributed by atoms with Crippen LogP contribution in [0.3, 0.4) is 0 Å². The van der Waals surface area contributed by atoms with Crippen LogP contribution in [0, 0.1) is 11.8 Å². The molecular formula is C19H22N2O2. The molecule has 0 saturated carbocycles. The van der Waals surface area contributed by atoms with Gasteiger partial charge in [-0.25, -0.2) is 0 Å². The largest absolute Gasteiger partial charge is 0.329 e. The lowest BCUT2D eigenvalue weighted by Crippen LogP contribution is -2.62. The Morgan fingerprint density at radius 3 is 3.09 bits per heavy atom. The third-order valence-electron chi connectivity index (χ3n) is 5.90. The van der Waals surface area contributed by atoms with E-state index >= 15 is 0 Å². The van der Waals surface area contributed by atoms with Crippen molar-refractivity contribution in [3.63, 3.8) is 0 Å². The Hall–Kier alpha value is -2.10. The molecule has 1 amide bonds. The first-order chi connectivity index (χ1) is 11.1. The van der Waals surface area contributed by atoms with Gasteiger partial charge in [-0.1, -0.05) is 18.2 Å². The number of likely N-dealkylation sites (tertiary alicyclic amines) is 1. The average Bonchev–Trinajstić information content (AvgIpc) is 2.52. The molecule has 2 bridgehead atoms. The van der Waals surface area contributed by atoms with E-state index < -0.39 is 0 Å². The van der Waals surface area contributed by atoms with Crippen LogP contribution in [0.2, 0.25) is 0 Å². The quantitative estimate of drug-likeness (QED) is 0.640. The van der Waals surface area contributed by atoms with E-state index in [4.69, 9.17) is 0 Å². The molecule has 4 rings (SSSR count). The predicted octanol–water partition coefficient (Wildman–Crippen LogP) is 2.52. The van der Waals surface area contributed by atoms with Gasteiger partial charge < -0.3 is 9.88 Å². The molecule has 3 atom stereocenters. The van der Waals surface area contributed by atoms with Crippen molar-refractivity contribution in [1.82, 2.24) is 9.88 Å². The summed E-state index contributed by atoms with van der Waals surface area (Å²) in [4.78, 5) is 29.5. The van der Waals surface area contributed by atoms with Crippen LogP contribution in [-0.4, -0.2) is 22.3 Å². The molecule has 1 fully saturated rings. The molecule has 0 radical (unpaired) electrons. The summed E-state index contributed by atoms with van der Waals surface area (Å²) in [5, 5.41) is 0. The zero-order chi connectivity index (χ0) is 16.2. The number of nitrogens with zero attached hydrogens (tertiary/aromatic N) is 1. The zero-order valence-corrected chi connectivity index (χ0v) is 13.5. The number of carbonyl (C=O) groups is 1. The Balaban J connectivity index is 1.99. The van der Waals surface area contributed by atoms with Gasteiger partial charge in [-0.15, -0.1) is 0 Å². The van der Waals surface area contributed by atoms with Crippen molar-refractivity contribution in [3.8, 4) is 0 Å². The van der Waals surface area contributed by atoms with Gasteiger partial charge in [0.15, 0.2) is 0 Å². The van der Waals surface area contributed by atoms with Gasteiger partial charge in [0, 0.05) is 18.3 Å². The summed E-state index contributed by atoms with van der Waals surface area (Å²) in [6.45, 7) is 6.62. The molecule has 3 aliphatic rings. The van der Waals surface area contributed by atoms with Gasteiger partial charge in [0.1, 0.15) is 0 Å². The number of aromatic amines is 1. The fourth-order valence-corrected chi connectivity index (χ4v) is 5.25. The van der Waals surface area contributed by atoms with E-state index in [0.29, 0.717) is 11.8 Å². The lowest BCUT2D eigenvalue weighted by Gasteiger charge is -2.59. The van der Waals surface area contributed by atoms with Gasteiger partial charge in [-0.3, -0.25) is 9.59 Å². The second-order valence-electron chi connectivity index (χ2n) is 7.14. The maximum atomic E-state index is 12.6. The first kappa shape index (κ1) is 14.5. The number of fused-ring (bicyclic) bond motifs is 1. The first-order valence-electron chi connectivity index (χ1n) is 8.40. The summed E-state index contributed by atoms with van der Waals surface area (Å²) in [6.07, 6.45) is 7.68. The number of piperidine rings is 1. The summed E-state index contributed by atoms with van der Waals surface area (Å²) in [6, 6.07) is 3.55. The Morgan fingerprint density at radius 2 is 2.30 bits per heavy atom.